The monoisotopic (exact) mass is 512 g/mol. The molecule has 10 heteroatoms. The lowest BCUT2D eigenvalue weighted by Gasteiger charge is -2.12. The Hall–Kier alpha value is -2.26. The van der Waals surface area contributed by atoms with E-state index in [4.69, 9.17) is 23.2 Å². The van der Waals surface area contributed by atoms with E-state index >= 15 is 0 Å². The summed E-state index contributed by atoms with van der Waals surface area (Å²) in [6.07, 6.45) is 0.957. The first-order valence-corrected chi connectivity index (χ1v) is 13.4. The van der Waals surface area contributed by atoms with Gasteiger partial charge in [-0.2, -0.15) is 0 Å². The van der Waals surface area contributed by atoms with Crippen LogP contribution in [0.4, 0.5) is 11.4 Å². The highest BCUT2D eigenvalue weighted by atomic mass is 35.5. The van der Waals surface area contributed by atoms with Gasteiger partial charge in [0.05, 0.1) is 15.5 Å². The number of halogens is 2. The maximum absolute atomic E-state index is 12.7. The van der Waals surface area contributed by atoms with Gasteiger partial charge in [0.15, 0.2) is 0 Å². The number of hydrogen-bond donors (Lipinski definition) is 2. The Kier molecular flexibility index (Phi) is 7.39. The zero-order valence-electron chi connectivity index (χ0n) is 17.3. The van der Waals surface area contributed by atoms with Crippen LogP contribution in [-0.2, 0) is 20.0 Å². The summed E-state index contributed by atoms with van der Waals surface area (Å²) in [6.45, 7) is 4.15. The third kappa shape index (κ3) is 5.95. The van der Waals surface area contributed by atoms with E-state index < -0.39 is 20.0 Å². The van der Waals surface area contributed by atoms with Crippen molar-refractivity contribution in [2.75, 3.05) is 9.44 Å². The molecule has 0 aliphatic heterocycles. The third-order valence-corrected chi connectivity index (χ3v) is 8.13. The lowest BCUT2D eigenvalue weighted by molar-refractivity contribution is 0.600. The van der Waals surface area contributed by atoms with E-state index in [0.717, 1.165) is 12.0 Å². The highest BCUT2D eigenvalue weighted by Gasteiger charge is 2.18. The Morgan fingerprint density at radius 2 is 1.16 bits per heavy atom. The Morgan fingerprint density at radius 1 is 0.719 bits per heavy atom. The van der Waals surface area contributed by atoms with Gasteiger partial charge in [-0.1, -0.05) is 49.2 Å². The van der Waals surface area contributed by atoms with Crippen molar-refractivity contribution >= 4 is 54.6 Å². The van der Waals surface area contributed by atoms with E-state index in [1.165, 1.54) is 42.5 Å². The molecule has 0 spiro atoms. The molecule has 0 fully saturated rings. The van der Waals surface area contributed by atoms with E-state index in [1.807, 2.05) is 0 Å². The van der Waals surface area contributed by atoms with E-state index in [0.29, 0.717) is 5.92 Å². The van der Waals surface area contributed by atoms with Crippen molar-refractivity contribution in [1.29, 1.82) is 0 Å². The second-order valence-corrected chi connectivity index (χ2v) is 11.5. The second-order valence-electron chi connectivity index (χ2n) is 7.27. The van der Waals surface area contributed by atoms with Crippen molar-refractivity contribution in [2.45, 2.75) is 36.0 Å². The molecule has 0 radical (unpaired) electrons. The summed E-state index contributed by atoms with van der Waals surface area (Å²) < 4.78 is 55.4. The molecule has 0 saturated heterocycles. The van der Waals surface area contributed by atoms with Gasteiger partial charge in [-0.3, -0.25) is 9.44 Å². The zero-order chi connectivity index (χ0) is 23.5. The van der Waals surface area contributed by atoms with Gasteiger partial charge in [0.2, 0.25) is 0 Å². The Morgan fingerprint density at radius 3 is 1.62 bits per heavy atom. The molecule has 0 aliphatic rings. The first-order chi connectivity index (χ1) is 15.0. The molecule has 2 N–H and O–H groups in total. The summed E-state index contributed by atoms with van der Waals surface area (Å²) in [5, 5.41) is 0.578. The molecule has 0 bridgehead atoms. The van der Waals surface area contributed by atoms with Crippen molar-refractivity contribution in [2.24, 2.45) is 0 Å². The largest absolute Gasteiger partial charge is 0.280 e. The normalized spacial score (nSPS) is 12.9. The molecule has 0 saturated carbocycles. The lowest BCUT2D eigenvalue weighted by Crippen LogP contribution is -2.14. The van der Waals surface area contributed by atoms with Gasteiger partial charge >= 0.3 is 0 Å². The van der Waals surface area contributed by atoms with Crippen LogP contribution < -0.4 is 9.44 Å². The molecule has 170 valence electrons. The fraction of sp³-hybridized carbons (Fsp3) is 0.182. The van der Waals surface area contributed by atoms with Gasteiger partial charge in [-0.15, -0.1) is 0 Å². The third-order valence-electron chi connectivity index (χ3n) is 4.90. The summed E-state index contributed by atoms with van der Waals surface area (Å²) in [5.74, 6) is 0.339. The van der Waals surface area contributed by atoms with E-state index in [2.05, 4.69) is 23.3 Å². The van der Waals surface area contributed by atoms with Crippen LogP contribution in [0.3, 0.4) is 0 Å². The fourth-order valence-corrected chi connectivity index (χ4v) is 5.58. The maximum Gasteiger partial charge on any atom is 0.261 e. The minimum atomic E-state index is -3.92. The van der Waals surface area contributed by atoms with E-state index in [1.54, 1.807) is 24.3 Å². The molecule has 1 unspecified atom stereocenters. The van der Waals surface area contributed by atoms with Gasteiger partial charge in [-0.25, -0.2) is 16.8 Å². The predicted molar refractivity (Wildman–Crippen MR) is 130 cm³/mol. The van der Waals surface area contributed by atoms with Crippen molar-refractivity contribution < 1.29 is 16.8 Å². The predicted octanol–water partition coefficient (Wildman–Crippen LogP) is 6.11. The number of sulfonamides is 2. The minimum absolute atomic E-state index is 0.0468. The van der Waals surface area contributed by atoms with Gasteiger partial charge in [0.1, 0.15) is 0 Å². The molecular weight excluding hydrogens is 491 g/mol. The number of nitrogens with one attached hydrogen (secondary N) is 2. The first kappa shape index (κ1) is 24.4. The number of benzene rings is 3. The van der Waals surface area contributed by atoms with Crippen LogP contribution in [0.2, 0.25) is 10.0 Å². The fourth-order valence-electron chi connectivity index (χ4n) is 2.95. The molecule has 0 heterocycles. The van der Waals surface area contributed by atoms with Gasteiger partial charge in [0, 0.05) is 15.7 Å². The molecule has 3 aromatic rings. The van der Waals surface area contributed by atoms with Crippen molar-refractivity contribution in [3.8, 4) is 0 Å². The van der Waals surface area contributed by atoms with Crippen LogP contribution >= 0.6 is 23.2 Å². The Balaban J connectivity index is 1.76. The minimum Gasteiger partial charge on any atom is -0.280 e. The Bertz CT molecular complexity index is 1290. The summed E-state index contributed by atoms with van der Waals surface area (Å²) >= 11 is 11.8. The summed E-state index contributed by atoms with van der Waals surface area (Å²) in [7, 11) is -7.73. The number of hydrogen-bond acceptors (Lipinski definition) is 4. The van der Waals surface area contributed by atoms with Gasteiger partial charge < -0.3 is 0 Å². The van der Waals surface area contributed by atoms with Crippen molar-refractivity contribution in [1.82, 2.24) is 0 Å². The van der Waals surface area contributed by atoms with Crippen LogP contribution in [0.25, 0.3) is 0 Å². The molecule has 0 aliphatic carbocycles. The lowest BCUT2D eigenvalue weighted by atomic mass is 9.99. The van der Waals surface area contributed by atoms with Crippen LogP contribution in [0.1, 0.15) is 31.7 Å². The smallest absolute Gasteiger partial charge is 0.261 e. The topological polar surface area (TPSA) is 92.3 Å². The molecule has 1 atom stereocenters. The summed E-state index contributed by atoms with van der Waals surface area (Å²) in [6, 6.07) is 16.4. The first-order valence-electron chi connectivity index (χ1n) is 9.72. The van der Waals surface area contributed by atoms with Crippen LogP contribution in [-0.4, -0.2) is 16.8 Å². The molecule has 32 heavy (non-hydrogen) atoms. The highest BCUT2D eigenvalue weighted by molar-refractivity contribution is 7.93. The summed E-state index contributed by atoms with van der Waals surface area (Å²) in [5.41, 5.74) is 1.52. The van der Waals surface area contributed by atoms with Crippen molar-refractivity contribution in [3.05, 3.63) is 82.3 Å². The number of anilines is 2. The average molecular weight is 513 g/mol. The highest BCUT2D eigenvalue weighted by Crippen LogP contribution is 2.26. The zero-order valence-corrected chi connectivity index (χ0v) is 20.5. The average Bonchev–Trinajstić information content (AvgIpc) is 2.72. The number of rotatable bonds is 8. The van der Waals surface area contributed by atoms with E-state index in [9.17, 15) is 16.8 Å². The van der Waals surface area contributed by atoms with E-state index in [-0.39, 0.29) is 31.2 Å². The SMILES string of the molecule is CCC(C)c1ccc(S(=O)(=O)Nc2ccc(S(=O)(=O)Nc3cc(Cl)cc(Cl)c3)cc2)cc1. The van der Waals surface area contributed by atoms with Gasteiger partial charge in [-0.05, 0) is 72.5 Å². The van der Waals surface area contributed by atoms with Crippen LogP contribution in [0.15, 0.2) is 76.5 Å². The molecule has 3 rings (SSSR count). The molecule has 3 aromatic carbocycles. The molecule has 6 nitrogen and oxygen atoms in total. The molecule has 0 amide bonds. The summed E-state index contributed by atoms with van der Waals surface area (Å²) in [4.78, 5) is 0.0789. The van der Waals surface area contributed by atoms with Crippen LogP contribution in [0.5, 0.6) is 0 Å². The standard InChI is InChI=1S/C22H22Cl2N2O4S2/c1-3-15(2)16-4-8-21(9-5-16)31(27,28)25-19-6-10-22(11-7-19)32(29,30)26-20-13-17(23)12-18(24)14-20/h4-15,25-26H,3H2,1-2H3. The maximum atomic E-state index is 12.7. The molecular formula is C22H22Cl2N2O4S2. The van der Waals surface area contributed by atoms with Crippen LogP contribution in [0, 0.1) is 0 Å². The van der Waals surface area contributed by atoms with Crippen molar-refractivity contribution in [3.63, 3.8) is 0 Å². The Labute approximate surface area is 198 Å². The second kappa shape index (κ2) is 9.70. The molecule has 0 aromatic heterocycles. The quantitative estimate of drug-likeness (QED) is 0.380. The van der Waals surface area contributed by atoms with Gasteiger partial charge in [0.25, 0.3) is 20.0 Å².